The Morgan fingerprint density at radius 3 is 2.84 bits per heavy atom. The molecule has 6 nitrogen and oxygen atoms in total. The van der Waals surface area contributed by atoms with Gasteiger partial charge >= 0.3 is 0 Å². The average molecular weight is 476 g/mol. The summed E-state index contributed by atoms with van der Waals surface area (Å²) in [6, 6.07) is 7.83. The van der Waals surface area contributed by atoms with Gasteiger partial charge in [0.25, 0.3) is 0 Å². The van der Waals surface area contributed by atoms with Crippen LogP contribution >= 0.6 is 35.3 Å². The highest BCUT2D eigenvalue weighted by Gasteiger charge is 2.04. The highest BCUT2D eigenvalue weighted by atomic mass is 127. The number of benzene rings is 1. The number of ether oxygens (including phenoxy) is 2. The minimum absolute atomic E-state index is 0. The van der Waals surface area contributed by atoms with Crippen molar-refractivity contribution in [1.82, 2.24) is 10.3 Å². The molecule has 0 saturated carbocycles. The first-order valence-electron chi connectivity index (χ1n) is 7.81. The Morgan fingerprint density at radius 1 is 1.32 bits per heavy atom. The molecule has 0 unspecified atom stereocenters. The first kappa shape index (κ1) is 21.7. The Labute approximate surface area is 170 Å². The fourth-order valence-electron chi connectivity index (χ4n) is 2.03. The molecule has 25 heavy (non-hydrogen) atoms. The van der Waals surface area contributed by atoms with Crippen LogP contribution in [0.1, 0.15) is 17.0 Å². The molecule has 0 saturated heterocycles. The lowest BCUT2D eigenvalue weighted by Crippen LogP contribution is -2.30. The largest absolute Gasteiger partial charge is 0.493 e. The molecule has 8 heteroatoms. The van der Waals surface area contributed by atoms with Gasteiger partial charge in [-0.2, -0.15) is 0 Å². The van der Waals surface area contributed by atoms with E-state index in [0.717, 1.165) is 23.6 Å². The normalized spacial score (nSPS) is 10.9. The third-order valence-corrected chi connectivity index (χ3v) is 4.28. The number of hydrogen-bond donors (Lipinski definition) is 2. The summed E-state index contributed by atoms with van der Waals surface area (Å²) in [5.41, 5.74) is 3.83. The quantitative estimate of drug-likeness (QED) is 0.264. The lowest BCUT2D eigenvalue weighted by molar-refractivity contribution is 0.172. The van der Waals surface area contributed by atoms with Gasteiger partial charge in [0.15, 0.2) is 5.96 Å². The minimum atomic E-state index is 0. The molecular weight excluding hydrogens is 451 g/mol. The van der Waals surface area contributed by atoms with Gasteiger partial charge in [0.05, 0.1) is 24.4 Å². The maximum Gasteiger partial charge on any atom is 0.195 e. The Kier molecular flexibility index (Phi) is 10.4. The standard InChI is InChI=1S/C17H24N4O2S.HI/c1-13-16(24-12-20-13)11-19-17(18-2)21-14-6-4-7-15(10-14)23-9-5-8-22-3;/h4,6-7,10,12H,5,8-9,11H2,1-3H3,(H2,18,19,21);1H. The van der Waals surface area contributed by atoms with Crippen molar-refractivity contribution in [1.29, 1.82) is 0 Å². The minimum Gasteiger partial charge on any atom is -0.493 e. The van der Waals surface area contributed by atoms with Gasteiger partial charge in [-0.25, -0.2) is 4.98 Å². The van der Waals surface area contributed by atoms with E-state index in [1.807, 2.05) is 36.7 Å². The van der Waals surface area contributed by atoms with Crippen molar-refractivity contribution in [3.05, 3.63) is 40.3 Å². The van der Waals surface area contributed by atoms with Gasteiger partial charge in [-0.3, -0.25) is 4.99 Å². The van der Waals surface area contributed by atoms with Gasteiger partial charge in [0.1, 0.15) is 5.75 Å². The van der Waals surface area contributed by atoms with E-state index >= 15 is 0 Å². The predicted octanol–water partition coefficient (Wildman–Crippen LogP) is 3.67. The van der Waals surface area contributed by atoms with Crippen molar-refractivity contribution in [2.75, 3.05) is 32.7 Å². The van der Waals surface area contributed by atoms with E-state index in [-0.39, 0.29) is 24.0 Å². The van der Waals surface area contributed by atoms with Gasteiger partial charge in [0.2, 0.25) is 0 Å². The lowest BCUT2D eigenvalue weighted by atomic mass is 10.3. The predicted molar refractivity (Wildman–Crippen MR) is 115 cm³/mol. The second-order valence-electron chi connectivity index (χ2n) is 5.13. The number of anilines is 1. The number of thiazole rings is 1. The number of nitrogens with one attached hydrogen (secondary N) is 2. The number of nitrogens with zero attached hydrogens (tertiary/aromatic N) is 2. The topological polar surface area (TPSA) is 67.8 Å². The van der Waals surface area contributed by atoms with E-state index in [1.54, 1.807) is 25.5 Å². The fraction of sp³-hybridized carbons (Fsp3) is 0.412. The Hall–Kier alpha value is -1.39. The molecule has 1 heterocycles. The molecule has 138 valence electrons. The molecular formula is C17H25IN4O2S. The van der Waals surface area contributed by atoms with Crippen molar-refractivity contribution in [2.24, 2.45) is 4.99 Å². The molecule has 1 aromatic heterocycles. The van der Waals surface area contributed by atoms with E-state index < -0.39 is 0 Å². The third-order valence-electron chi connectivity index (χ3n) is 3.34. The molecule has 0 bridgehead atoms. The van der Waals surface area contributed by atoms with Crippen LogP contribution in [0.3, 0.4) is 0 Å². The van der Waals surface area contributed by atoms with Crippen molar-refractivity contribution in [3.8, 4) is 5.75 Å². The van der Waals surface area contributed by atoms with Crippen LogP contribution in [0.15, 0.2) is 34.8 Å². The number of aryl methyl sites for hydroxylation is 1. The summed E-state index contributed by atoms with van der Waals surface area (Å²) >= 11 is 1.64. The zero-order chi connectivity index (χ0) is 17.2. The van der Waals surface area contributed by atoms with Crippen molar-refractivity contribution in [2.45, 2.75) is 19.9 Å². The van der Waals surface area contributed by atoms with Gasteiger partial charge in [-0.1, -0.05) is 6.07 Å². The summed E-state index contributed by atoms with van der Waals surface area (Å²) in [5.74, 6) is 1.53. The number of hydrogen-bond acceptors (Lipinski definition) is 5. The highest BCUT2D eigenvalue weighted by Crippen LogP contribution is 2.17. The van der Waals surface area contributed by atoms with Gasteiger partial charge in [-0.05, 0) is 19.1 Å². The molecule has 0 amide bonds. The fourth-order valence-corrected chi connectivity index (χ4v) is 2.75. The lowest BCUT2D eigenvalue weighted by Gasteiger charge is -2.13. The molecule has 0 aliphatic rings. The summed E-state index contributed by atoms with van der Waals surface area (Å²) in [6.45, 7) is 4.04. The van der Waals surface area contributed by atoms with E-state index in [2.05, 4.69) is 20.6 Å². The van der Waals surface area contributed by atoms with Gasteiger partial charge in [0, 0.05) is 43.8 Å². The van der Waals surface area contributed by atoms with Crippen LogP contribution in [0.2, 0.25) is 0 Å². The summed E-state index contributed by atoms with van der Waals surface area (Å²) in [6.07, 6.45) is 0.867. The van der Waals surface area contributed by atoms with Gasteiger partial charge < -0.3 is 20.1 Å². The van der Waals surface area contributed by atoms with E-state index in [9.17, 15) is 0 Å². The summed E-state index contributed by atoms with van der Waals surface area (Å²) in [4.78, 5) is 9.70. The first-order chi connectivity index (χ1) is 11.7. The van der Waals surface area contributed by atoms with E-state index in [1.165, 1.54) is 4.88 Å². The molecule has 2 N–H and O–H groups in total. The van der Waals surface area contributed by atoms with Crippen LogP contribution < -0.4 is 15.4 Å². The van der Waals surface area contributed by atoms with Crippen LogP contribution in [0.5, 0.6) is 5.75 Å². The Morgan fingerprint density at radius 2 is 2.16 bits per heavy atom. The van der Waals surface area contributed by atoms with Crippen molar-refractivity contribution >= 4 is 47.0 Å². The monoisotopic (exact) mass is 476 g/mol. The van der Waals surface area contributed by atoms with E-state index in [0.29, 0.717) is 25.7 Å². The number of methoxy groups -OCH3 is 1. The summed E-state index contributed by atoms with van der Waals surface area (Å²) in [5, 5.41) is 6.56. The maximum atomic E-state index is 5.71. The van der Waals surface area contributed by atoms with Crippen molar-refractivity contribution < 1.29 is 9.47 Å². The first-order valence-corrected chi connectivity index (χ1v) is 8.69. The van der Waals surface area contributed by atoms with Crippen molar-refractivity contribution in [3.63, 3.8) is 0 Å². The molecule has 0 spiro atoms. The molecule has 0 atom stereocenters. The number of aliphatic imine (C=N–C) groups is 1. The maximum absolute atomic E-state index is 5.71. The second-order valence-corrected chi connectivity index (χ2v) is 6.07. The smallest absolute Gasteiger partial charge is 0.195 e. The number of halogens is 1. The molecule has 2 rings (SSSR count). The van der Waals surface area contributed by atoms with E-state index in [4.69, 9.17) is 9.47 Å². The third kappa shape index (κ3) is 7.57. The van der Waals surface area contributed by atoms with Crippen LogP contribution in [0.4, 0.5) is 5.69 Å². The average Bonchev–Trinajstić information content (AvgIpc) is 3.01. The Balaban J connectivity index is 0.00000312. The van der Waals surface area contributed by atoms with Gasteiger partial charge in [-0.15, -0.1) is 35.3 Å². The molecule has 0 fully saturated rings. The van der Waals surface area contributed by atoms with Crippen LogP contribution in [-0.4, -0.2) is 38.3 Å². The SMILES string of the molecule is CN=C(NCc1scnc1C)Nc1cccc(OCCCOC)c1.I. The number of guanidine groups is 1. The zero-order valence-electron chi connectivity index (χ0n) is 14.7. The molecule has 0 radical (unpaired) electrons. The molecule has 0 aliphatic heterocycles. The van der Waals surface area contributed by atoms with Crippen LogP contribution in [0, 0.1) is 6.92 Å². The summed E-state index contributed by atoms with van der Waals surface area (Å²) < 4.78 is 10.7. The Bertz CT molecular complexity index is 664. The number of aromatic nitrogens is 1. The van der Waals surface area contributed by atoms with Crippen LogP contribution in [0.25, 0.3) is 0 Å². The molecule has 2 aromatic rings. The highest BCUT2D eigenvalue weighted by molar-refractivity contribution is 14.0. The molecule has 1 aromatic carbocycles. The summed E-state index contributed by atoms with van der Waals surface area (Å²) in [7, 11) is 3.44. The zero-order valence-corrected chi connectivity index (χ0v) is 17.9. The number of rotatable bonds is 8. The molecule has 0 aliphatic carbocycles. The van der Waals surface area contributed by atoms with Crippen LogP contribution in [-0.2, 0) is 11.3 Å². The second kappa shape index (κ2) is 12.0.